The minimum Gasteiger partial charge on any atom is -0.402 e. The van der Waals surface area contributed by atoms with Gasteiger partial charge in [-0.25, -0.2) is 0 Å². The molecular weight excluding hydrogens is 358 g/mol. The van der Waals surface area contributed by atoms with Crippen LogP contribution in [0.5, 0.6) is 0 Å². The Labute approximate surface area is 177 Å². The van der Waals surface area contributed by atoms with E-state index in [1.807, 2.05) is 0 Å². The number of allylic oxidation sites excluding steroid dienone is 1. The van der Waals surface area contributed by atoms with Crippen molar-refractivity contribution in [3.05, 3.63) is 47.7 Å². The van der Waals surface area contributed by atoms with Gasteiger partial charge in [-0.05, 0) is 62.0 Å². The Kier molecular flexibility index (Phi) is 8.35. The van der Waals surface area contributed by atoms with Gasteiger partial charge in [0.25, 0.3) is 0 Å². The number of carbonyl (C=O) groups is 1. The smallest absolute Gasteiger partial charge is 0.149 e. The van der Waals surface area contributed by atoms with Gasteiger partial charge in [-0.1, -0.05) is 62.9 Å². The minimum atomic E-state index is -0.418. The summed E-state index contributed by atoms with van der Waals surface area (Å²) in [5.74, 6) is 1.05. The third-order valence-corrected chi connectivity index (χ3v) is 6.87. The molecule has 0 spiro atoms. The normalized spacial score (nSPS) is 18.5. The molecule has 0 aliphatic heterocycles. The summed E-state index contributed by atoms with van der Waals surface area (Å²) >= 11 is 0. The molecule has 3 heteroatoms. The number of hydrogen-bond acceptors (Lipinski definition) is 3. The van der Waals surface area contributed by atoms with E-state index in [1.165, 1.54) is 63.4 Å². The van der Waals surface area contributed by atoms with Crippen LogP contribution >= 0.6 is 0 Å². The number of ketones is 1. The molecule has 3 nitrogen and oxygen atoms in total. The maximum Gasteiger partial charge on any atom is 0.149 e. The minimum absolute atomic E-state index is 0.225. The van der Waals surface area contributed by atoms with Crippen LogP contribution in [-0.2, 0) is 22.4 Å². The number of carbonyl (C=O) groups excluding carboxylic acids is 1. The Morgan fingerprint density at radius 1 is 1.00 bits per heavy atom. The van der Waals surface area contributed by atoms with Crippen LogP contribution in [0.25, 0.3) is 0 Å². The third-order valence-electron chi connectivity index (χ3n) is 6.87. The highest BCUT2D eigenvalue weighted by Crippen LogP contribution is 2.50. The lowest BCUT2D eigenvalue weighted by molar-refractivity contribution is -0.122. The number of unbranched alkanes of at least 4 members (excludes halogenated alkanes) is 3. The van der Waals surface area contributed by atoms with Gasteiger partial charge in [0, 0.05) is 25.3 Å². The van der Waals surface area contributed by atoms with Crippen LogP contribution in [0.2, 0.25) is 0 Å². The molecule has 2 aliphatic rings. The lowest BCUT2D eigenvalue weighted by Crippen LogP contribution is -2.24. The fourth-order valence-corrected chi connectivity index (χ4v) is 4.57. The van der Waals surface area contributed by atoms with Gasteiger partial charge in [-0.2, -0.15) is 0 Å². The average Bonchev–Trinajstić information content (AvgIpc) is 3.54. The lowest BCUT2D eigenvalue weighted by Gasteiger charge is -2.21. The monoisotopic (exact) mass is 397 g/mol. The van der Waals surface area contributed by atoms with Crippen molar-refractivity contribution in [1.82, 2.24) is 0 Å². The van der Waals surface area contributed by atoms with Crippen molar-refractivity contribution in [2.45, 2.75) is 83.5 Å². The summed E-state index contributed by atoms with van der Waals surface area (Å²) in [6, 6.07) is 8.54. The number of rotatable bonds is 13. The molecule has 0 aromatic heterocycles. The number of benzene rings is 1. The molecule has 0 amide bonds. The number of Topliss-reactive ketones (excluding diaryl/α,β-unsaturated/α-hetero) is 1. The Balaban J connectivity index is 1.24. The third kappa shape index (κ3) is 6.70. The number of aryl methyl sites for hydroxylation is 1. The highest BCUT2D eigenvalue weighted by atomic mass is 16.5. The van der Waals surface area contributed by atoms with Crippen LogP contribution in [0.4, 0.5) is 0 Å². The predicted octanol–water partition coefficient (Wildman–Crippen LogP) is 5.75. The lowest BCUT2D eigenvalue weighted by atomic mass is 9.90. The highest BCUT2D eigenvalue weighted by Gasteiger charge is 2.50. The first kappa shape index (κ1) is 22.1. The topological polar surface area (TPSA) is 52.3 Å². The number of nitrogens with two attached hydrogens (primary N) is 1. The molecule has 2 fully saturated rings. The van der Waals surface area contributed by atoms with Crippen LogP contribution in [0.1, 0.15) is 81.8 Å². The Morgan fingerprint density at radius 3 is 2.31 bits per heavy atom. The first-order chi connectivity index (χ1) is 14.1. The highest BCUT2D eigenvalue weighted by molar-refractivity contribution is 5.91. The molecule has 160 valence electrons. The predicted molar refractivity (Wildman–Crippen MR) is 120 cm³/mol. The molecule has 1 aromatic carbocycles. The van der Waals surface area contributed by atoms with Gasteiger partial charge in [-0.3, -0.25) is 4.79 Å². The van der Waals surface area contributed by atoms with E-state index >= 15 is 0 Å². The van der Waals surface area contributed by atoms with E-state index in [4.69, 9.17) is 10.5 Å². The molecule has 2 saturated carbocycles. The maximum absolute atomic E-state index is 12.5. The largest absolute Gasteiger partial charge is 0.402 e. The Morgan fingerprint density at radius 2 is 1.66 bits per heavy atom. The van der Waals surface area contributed by atoms with E-state index in [1.54, 1.807) is 0 Å². The zero-order valence-electron chi connectivity index (χ0n) is 18.1. The van der Waals surface area contributed by atoms with Gasteiger partial charge in [0.05, 0.1) is 5.41 Å². The Bertz CT molecular complexity index is 654. The molecule has 29 heavy (non-hydrogen) atoms. The van der Waals surface area contributed by atoms with Crippen molar-refractivity contribution in [3.63, 3.8) is 0 Å². The van der Waals surface area contributed by atoms with Crippen LogP contribution in [-0.4, -0.2) is 19.0 Å². The first-order valence-electron chi connectivity index (χ1n) is 11.7. The van der Waals surface area contributed by atoms with Gasteiger partial charge in [0.15, 0.2) is 0 Å². The molecule has 0 heterocycles. The molecule has 1 aromatic rings. The quantitative estimate of drug-likeness (QED) is 0.431. The van der Waals surface area contributed by atoms with Crippen molar-refractivity contribution < 1.29 is 9.53 Å². The molecule has 0 saturated heterocycles. The zero-order valence-corrected chi connectivity index (χ0v) is 18.1. The molecule has 0 bridgehead atoms. The van der Waals surface area contributed by atoms with Crippen LogP contribution < -0.4 is 5.73 Å². The second-order valence-electron chi connectivity index (χ2n) is 9.27. The van der Waals surface area contributed by atoms with E-state index in [9.17, 15) is 4.79 Å². The SMILES string of the molecule is C=C(N)C1(C(=O)Cc2ccc(CCCCCCOCC3CCCCC3)cc2)CC1. The molecular formula is C26H39NO2. The zero-order chi connectivity index (χ0) is 20.5. The van der Waals surface area contributed by atoms with Crippen LogP contribution in [0, 0.1) is 11.3 Å². The molecule has 3 rings (SSSR count). The summed E-state index contributed by atoms with van der Waals surface area (Å²) in [6.07, 6.45) is 15.2. The van der Waals surface area contributed by atoms with Crippen LogP contribution in [0.15, 0.2) is 36.5 Å². The molecule has 2 N–H and O–H groups in total. The standard InChI is InChI=1S/C26H39NO2/c1-21(27)26(16-17-26)25(28)19-23-14-12-22(13-15-23)9-5-2-3-8-18-29-20-24-10-6-4-7-11-24/h12-15,24H,1-11,16-20,27H2. The summed E-state index contributed by atoms with van der Waals surface area (Å²) in [4.78, 5) is 12.5. The van der Waals surface area contributed by atoms with Crippen molar-refractivity contribution in [2.75, 3.05) is 13.2 Å². The summed E-state index contributed by atoms with van der Waals surface area (Å²) in [6.45, 7) is 5.71. The van der Waals surface area contributed by atoms with Gasteiger partial charge in [0.2, 0.25) is 0 Å². The summed E-state index contributed by atoms with van der Waals surface area (Å²) in [7, 11) is 0. The van der Waals surface area contributed by atoms with E-state index in [0.717, 1.165) is 44.0 Å². The van der Waals surface area contributed by atoms with Crippen molar-refractivity contribution in [3.8, 4) is 0 Å². The van der Waals surface area contributed by atoms with E-state index in [0.29, 0.717) is 12.1 Å². The molecule has 0 radical (unpaired) electrons. The second kappa shape index (κ2) is 11.0. The van der Waals surface area contributed by atoms with Crippen molar-refractivity contribution in [2.24, 2.45) is 17.1 Å². The number of ether oxygens (including phenoxy) is 1. The van der Waals surface area contributed by atoms with E-state index < -0.39 is 5.41 Å². The van der Waals surface area contributed by atoms with E-state index in [-0.39, 0.29) is 5.78 Å². The fourth-order valence-electron chi connectivity index (χ4n) is 4.57. The van der Waals surface area contributed by atoms with Crippen LogP contribution in [0.3, 0.4) is 0 Å². The molecule has 0 atom stereocenters. The van der Waals surface area contributed by atoms with Gasteiger partial charge >= 0.3 is 0 Å². The first-order valence-corrected chi connectivity index (χ1v) is 11.7. The Hall–Kier alpha value is -1.61. The molecule has 2 aliphatic carbocycles. The summed E-state index contributed by atoms with van der Waals surface area (Å²) in [5.41, 5.74) is 8.40. The van der Waals surface area contributed by atoms with Gasteiger partial charge in [-0.15, -0.1) is 0 Å². The van der Waals surface area contributed by atoms with E-state index in [2.05, 4.69) is 30.8 Å². The molecule has 0 unspecified atom stereocenters. The summed E-state index contributed by atoms with van der Waals surface area (Å²) in [5, 5.41) is 0. The maximum atomic E-state index is 12.5. The fraction of sp³-hybridized carbons (Fsp3) is 0.654. The number of hydrogen-bond donors (Lipinski definition) is 1. The van der Waals surface area contributed by atoms with Crippen molar-refractivity contribution in [1.29, 1.82) is 0 Å². The average molecular weight is 398 g/mol. The summed E-state index contributed by atoms with van der Waals surface area (Å²) < 4.78 is 5.89. The van der Waals surface area contributed by atoms with Gasteiger partial charge in [0.1, 0.15) is 5.78 Å². The second-order valence-corrected chi connectivity index (χ2v) is 9.27. The van der Waals surface area contributed by atoms with Gasteiger partial charge < -0.3 is 10.5 Å². The van der Waals surface area contributed by atoms with Crippen molar-refractivity contribution >= 4 is 5.78 Å².